The molecule has 0 amide bonds. The minimum absolute atomic E-state index is 0.856. The van der Waals surface area contributed by atoms with Crippen LogP contribution >= 0.6 is 0 Å². The molecule has 0 saturated carbocycles. The first kappa shape index (κ1) is 15.0. The lowest BCUT2D eigenvalue weighted by Crippen LogP contribution is -1.90. The van der Waals surface area contributed by atoms with Gasteiger partial charge in [0, 0.05) is 24.3 Å². The smallest absolute Gasteiger partial charge is 0.0706 e. The molecule has 0 bridgehead atoms. The summed E-state index contributed by atoms with van der Waals surface area (Å²) in [6.07, 6.45) is 4.61. The molecule has 1 nitrogen and oxygen atoms in total. The van der Waals surface area contributed by atoms with Gasteiger partial charge in [-0.15, -0.1) is 5.73 Å². The van der Waals surface area contributed by atoms with Crippen molar-refractivity contribution in [2.24, 2.45) is 0 Å². The van der Waals surface area contributed by atoms with Crippen molar-refractivity contribution >= 4 is 11.6 Å². The van der Waals surface area contributed by atoms with Gasteiger partial charge in [-0.3, -0.25) is 4.98 Å². The fourth-order valence-corrected chi connectivity index (χ4v) is 2.52. The second-order valence-corrected chi connectivity index (χ2v) is 5.55. The molecule has 1 aromatic heterocycles. The number of aryl methyl sites for hydroxylation is 1. The molecule has 0 radical (unpaired) electrons. The molecule has 2 aromatic carbocycles. The maximum absolute atomic E-state index is 4.33. The zero-order valence-electron chi connectivity index (χ0n) is 13.2. The van der Waals surface area contributed by atoms with Crippen molar-refractivity contribution in [3.63, 3.8) is 0 Å². The highest BCUT2D eigenvalue weighted by Gasteiger charge is 2.02. The molecule has 0 saturated heterocycles. The van der Waals surface area contributed by atoms with Gasteiger partial charge in [0.1, 0.15) is 0 Å². The third kappa shape index (κ3) is 4.29. The van der Waals surface area contributed by atoms with Crippen molar-refractivity contribution < 1.29 is 0 Å². The molecular weight excluding hydrogens is 278 g/mol. The van der Waals surface area contributed by atoms with Gasteiger partial charge in [0.25, 0.3) is 0 Å². The summed E-state index contributed by atoms with van der Waals surface area (Å²) >= 11 is 0. The summed E-state index contributed by atoms with van der Waals surface area (Å²) in [5.41, 5.74) is 9.31. The molecule has 0 atom stereocenters. The molecule has 1 heteroatoms. The number of pyridine rings is 1. The van der Waals surface area contributed by atoms with Crippen LogP contribution in [0, 0.1) is 6.92 Å². The van der Waals surface area contributed by atoms with E-state index in [1.165, 1.54) is 22.3 Å². The molecule has 0 N–H and O–H groups in total. The van der Waals surface area contributed by atoms with Gasteiger partial charge in [-0.2, -0.15) is 0 Å². The summed E-state index contributed by atoms with van der Waals surface area (Å²) in [5, 5.41) is 0. The Morgan fingerprint density at radius 2 is 1.78 bits per heavy atom. The zero-order valence-corrected chi connectivity index (χ0v) is 13.2. The monoisotopic (exact) mass is 297 g/mol. The van der Waals surface area contributed by atoms with E-state index in [2.05, 4.69) is 66.2 Å². The number of hydrogen-bond acceptors (Lipinski definition) is 1. The molecule has 0 fully saturated rings. The molecule has 0 aliphatic rings. The predicted molar refractivity (Wildman–Crippen MR) is 96.9 cm³/mol. The molecular formula is C22H19N. The maximum Gasteiger partial charge on any atom is 0.0706 e. The van der Waals surface area contributed by atoms with Gasteiger partial charge in [0.15, 0.2) is 0 Å². The highest BCUT2D eigenvalue weighted by molar-refractivity contribution is 5.70. The van der Waals surface area contributed by atoms with E-state index in [4.69, 9.17) is 0 Å². The molecule has 3 rings (SSSR count). The Bertz CT molecular complexity index is 826. The van der Waals surface area contributed by atoms with Crippen LogP contribution in [-0.2, 0) is 6.42 Å². The van der Waals surface area contributed by atoms with Gasteiger partial charge >= 0.3 is 0 Å². The minimum atomic E-state index is 0.856. The fourth-order valence-electron chi connectivity index (χ4n) is 2.52. The third-order valence-electron chi connectivity index (χ3n) is 3.67. The van der Waals surface area contributed by atoms with Gasteiger partial charge in [0.05, 0.1) is 5.69 Å². The Labute approximate surface area is 137 Å². The maximum atomic E-state index is 4.33. The number of aromatic nitrogens is 1. The standard InChI is InChI=1S/C22H19N/c1-18-8-7-9-19(16-18)17-21(20-10-3-2-4-11-20)13-14-22-12-5-6-15-23-22/h2-12,14-16H,17H2,1H3. The van der Waals surface area contributed by atoms with E-state index in [9.17, 15) is 0 Å². The molecule has 23 heavy (non-hydrogen) atoms. The number of nitrogens with zero attached hydrogens (tertiary/aromatic N) is 1. The first-order chi connectivity index (χ1) is 11.3. The third-order valence-corrected chi connectivity index (χ3v) is 3.67. The van der Waals surface area contributed by atoms with E-state index >= 15 is 0 Å². The first-order valence-corrected chi connectivity index (χ1v) is 7.79. The second kappa shape index (κ2) is 7.40. The Kier molecular flexibility index (Phi) is 4.83. The average molecular weight is 297 g/mol. The predicted octanol–water partition coefficient (Wildman–Crippen LogP) is 5.33. The lowest BCUT2D eigenvalue weighted by molar-refractivity contribution is 1.26. The summed E-state index contributed by atoms with van der Waals surface area (Å²) < 4.78 is 0. The topological polar surface area (TPSA) is 12.9 Å². The van der Waals surface area contributed by atoms with E-state index in [1.54, 1.807) is 6.20 Å². The Morgan fingerprint density at radius 3 is 2.52 bits per heavy atom. The van der Waals surface area contributed by atoms with E-state index in [-0.39, 0.29) is 0 Å². The van der Waals surface area contributed by atoms with E-state index in [0.29, 0.717) is 0 Å². The van der Waals surface area contributed by atoms with Gasteiger partial charge in [-0.05, 0) is 30.2 Å². The van der Waals surface area contributed by atoms with E-state index in [1.807, 2.05) is 30.3 Å². The fraction of sp³-hybridized carbons (Fsp3) is 0.0909. The Hall–Kier alpha value is -2.89. The highest BCUT2D eigenvalue weighted by atomic mass is 14.6. The normalized spacial score (nSPS) is 9.96. The van der Waals surface area contributed by atoms with Crippen LogP contribution in [0.3, 0.4) is 0 Å². The lowest BCUT2D eigenvalue weighted by atomic mass is 9.98. The first-order valence-electron chi connectivity index (χ1n) is 7.79. The molecule has 0 aliphatic carbocycles. The molecule has 0 aliphatic heterocycles. The second-order valence-electron chi connectivity index (χ2n) is 5.55. The number of benzene rings is 2. The summed E-state index contributed by atoms with van der Waals surface area (Å²) in [4.78, 5) is 4.33. The van der Waals surface area contributed by atoms with Crippen molar-refractivity contribution in [3.8, 4) is 0 Å². The highest BCUT2D eigenvalue weighted by Crippen LogP contribution is 2.19. The van der Waals surface area contributed by atoms with Crippen LogP contribution in [0.25, 0.3) is 11.6 Å². The summed E-state index contributed by atoms with van der Waals surface area (Å²) in [6, 6.07) is 24.9. The van der Waals surface area contributed by atoms with Gasteiger partial charge in [-0.25, -0.2) is 0 Å². The van der Waals surface area contributed by atoms with Crippen molar-refractivity contribution in [2.75, 3.05) is 0 Å². The van der Waals surface area contributed by atoms with Crippen LogP contribution in [0.5, 0.6) is 0 Å². The van der Waals surface area contributed by atoms with Crippen LogP contribution < -0.4 is 0 Å². The molecule has 3 aromatic rings. The SMILES string of the molecule is Cc1cccc(CC(=C=Cc2ccccn2)c2ccccc2)c1. The van der Waals surface area contributed by atoms with E-state index < -0.39 is 0 Å². The molecule has 0 unspecified atom stereocenters. The average Bonchev–Trinajstić information content (AvgIpc) is 2.60. The van der Waals surface area contributed by atoms with E-state index in [0.717, 1.165) is 12.1 Å². The minimum Gasteiger partial charge on any atom is -0.256 e. The lowest BCUT2D eigenvalue weighted by Gasteiger charge is -2.06. The van der Waals surface area contributed by atoms with Crippen molar-refractivity contribution in [1.82, 2.24) is 4.98 Å². The summed E-state index contributed by atoms with van der Waals surface area (Å²) in [5.74, 6) is 0. The Balaban J connectivity index is 1.99. The van der Waals surface area contributed by atoms with Crippen LogP contribution in [0.1, 0.15) is 22.4 Å². The number of rotatable bonds is 4. The van der Waals surface area contributed by atoms with Crippen LogP contribution in [0.2, 0.25) is 0 Å². The van der Waals surface area contributed by atoms with Crippen LogP contribution in [0.4, 0.5) is 0 Å². The number of hydrogen-bond donors (Lipinski definition) is 0. The van der Waals surface area contributed by atoms with Crippen molar-refractivity contribution in [1.29, 1.82) is 0 Å². The van der Waals surface area contributed by atoms with Gasteiger partial charge in [-0.1, -0.05) is 66.2 Å². The van der Waals surface area contributed by atoms with Crippen molar-refractivity contribution in [3.05, 3.63) is 107 Å². The zero-order chi connectivity index (χ0) is 15.9. The van der Waals surface area contributed by atoms with Crippen molar-refractivity contribution in [2.45, 2.75) is 13.3 Å². The van der Waals surface area contributed by atoms with Gasteiger partial charge in [0.2, 0.25) is 0 Å². The van der Waals surface area contributed by atoms with Crippen LogP contribution in [-0.4, -0.2) is 4.98 Å². The molecule has 0 spiro atoms. The number of allylic oxidation sites excluding steroid dienone is 1. The largest absolute Gasteiger partial charge is 0.256 e. The quantitative estimate of drug-likeness (QED) is 0.593. The van der Waals surface area contributed by atoms with Gasteiger partial charge < -0.3 is 0 Å². The Morgan fingerprint density at radius 1 is 0.957 bits per heavy atom. The van der Waals surface area contributed by atoms with Crippen LogP contribution in [0.15, 0.2) is 84.7 Å². The molecule has 1 heterocycles. The summed E-state index contributed by atoms with van der Waals surface area (Å²) in [6.45, 7) is 2.12. The molecule has 112 valence electrons. The summed E-state index contributed by atoms with van der Waals surface area (Å²) in [7, 11) is 0.